The summed E-state index contributed by atoms with van der Waals surface area (Å²) < 4.78 is 5.32. The van der Waals surface area contributed by atoms with Crippen LogP contribution in [0.5, 0.6) is 0 Å². The summed E-state index contributed by atoms with van der Waals surface area (Å²) in [6, 6.07) is 0. The van der Waals surface area contributed by atoms with E-state index in [4.69, 9.17) is 4.74 Å². The summed E-state index contributed by atoms with van der Waals surface area (Å²) in [7, 11) is 0. The third kappa shape index (κ3) is 2.93. The van der Waals surface area contributed by atoms with Gasteiger partial charge in [-0.15, -0.1) is 0 Å². The van der Waals surface area contributed by atoms with Crippen LogP contribution in [0.15, 0.2) is 0 Å². The van der Waals surface area contributed by atoms with Crippen molar-refractivity contribution in [2.75, 3.05) is 13.2 Å². The van der Waals surface area contributed by atoms with Crippen LogP contribution < -0.4 is 5.32 Å². The van der Waals surface area contributed by atoms with E-state index in [0.717, 1.165) is 19.4 Å². The highest BCUT2D eigenvalue weighted by atomic mass is 16.5. The molecule has 0 radical (unpaired) electrons. The highest BCUT2D eigenvalue weighted by molar-refractivity contribution is 5.93. The molecule has 1 aliphatic heterocycles. The first kappa shape index (κ1) is 9.08. The van der Waals surface area contributed by atoms with Gasteiger partial charge in [0.25, 0.3) is 5.91 Å². The largest absolute Gasteiger partial charge is 0.376 e. The molecule has 1 rings (SSSR count). The fraction of sp³-hybridized carbons (Fsp3) is 0.667. The normalized spacial score (nSPS) is 21.2. The summed E-state index contributed by atoms with van der Waals surface area (Å²) >= 11 is 0. The molecule has 66 valence electrons. The predicted molar refractivity (Wildman–Crippen MR) is 45.4 cm³/mol. The Kier molecular flexibility index (Phi) is 3.62. The van der Waals surface area contributed by atoms with Gasteiger partial charge in [-0.2, -0.15) is 0 Å². The molecule has 0 aromatic heterocycles. The van der Waals surface area contributed by atoms with E-state index >= 15 is 0 Å². The monoisotopic (exact) mass is 167 g/mol. The van der Waals surface area contributed by atoms with E-state index in [1.807, 2.05) is 0 Å². The van der Waals surface area contributed by atoms with Gasteiger partial charge in [0, 0.05) is 13.2 Å². The maximum Gasteiger partial charge on any atom is 0.295 e. The predicted octanol–water partition coefficient (Wildman–Crippen LogP) is 0.305. The van der Waals surface area contributed by atoms with E-state index in [0.29, 0.717) is 6.54 Å². The third-order valence-electron chi connectivity index (χ3n) is 1.75. The molecule has 12 heavy (non-hydrogen) atoms. The van der Waals surface area contributed by atoms with Gasteiger partial charge in [-0.05, 0) is 25.7 Å². The first-order chi connectivity index (χ1) is 5.83. The smallest absolute Gasteiger partial charge is 0.295 e. The van der Waals surface area contributed by atoms with Gasteiger partial charge in [0.1, 0.15) is 0 Å². The van der Waals surface area contributed by atoms with E-state index in [-0.39, 0.29) is 12.0 Å². The van der Waals surface area contributed by atoms with Gasteiger partial charge in [-0.1, -0.05) is 5.92 Å². The molecule has 0 aromatic rings. The minimum atomic E-state index is -0.215. The molecular weight excluding hydrogens is 154 g/mol. The van der Waals surface area contributed by atoms with Crippen molar-refractivity contribution in [2.24, 2.45) is 0 Å². The summed E-state index contributed by atoms with van der Waals surface area (Å²) in [5, 5.41) is 2.69. The van der Waals surface area contributed by atoms with Crippen molar-refractivity contribution in [3.05, 3.63) is 0 Å². The fourth-order valence-electron chi connectivity index (χ4n) is 1.17. The van der Waals surface area contributed by atoms with E-state index in [1.165, 1.54) is 0 Å². The Hall–Kier alpha value is -1.01. The average molecular weight is 167 g/mol. The number of rotatable bonds is 2. The van der Waals surface area contributed by atoms with Crippen molar-refractivity contribution in [1.29, 1.82) is 0 Å². The highest BCUT2D eigenvalue weighted by Gasteiger charge is 2.15. The van der Waals surface area contributed by atoms with Crippen LogP contribution in [0.2, 0.25) is 0 Å². The van der Waals surface area contributed by atoms with Crippen LogP contribution in [0.4, 0.5) is 0 Å². The lowest BCUT2D eigenvalue weighted by atomic mass is 10.2. The van der Waals surface area contributed by atoms with Crippen LogP contribution in [-0.2, 0) is 9.53 Å². The molecular formula is C9H13NO2. The maximum atomic E-state index is 10.9. The average Bonchev–Trinajstić information content (AvgIpc) is 2.53. The Morgan fingerprint density at radius 2 is 2.58 bits per heavy atom. The van der Waals surface area contributed by atoms with Gasteiger partial charge < -0.3 is 10.1 Å². The van der Waals surface area contributed by atoms with Crippen LogP contribution in [0, 0.1) is 11.8 Å². The molecule has 0 spiro atoms. The molecule has 0 saturated carbocycles. The van der Waals surface area contributed by atoms with Gasteiger partial charge in [-0.3, -0.25) is 4.79 Å². The Morgan fingerprint density at radius 1 is 1.75 bits per heavy atom. The summed E-state index contributed by atoms with van der Waals surface area (Å²) in [6.07, 6.45) is 2.34. The van der Waals surface area contributed by atoms with Crippen LogP contribution in [-0.4, -0.2) is 25.2 Å². The Balaban J connectivity index is 2.14. The van der Waals surface area contributed by atoms with Crippen molar-refractivity contribution < 1.29 is 9.53 Å². The minimum absolute atomic E-state index is 0.201. The van der Waals surface area contributed by atoms with E-state index in [1.54, 1.807) is 6.92 Å². The zero-order chi connectivity index (χ0) is 8.81. The van der Waals surface area contributed by atoms with Crippen LogP contribution in [0.25, 0.3) is 0 Å². The third-order valence-corrected chi connectivity index (χ3v) is 1.75. The Labute approximate surface area is 72.5 Å². The topological polar surface area (TPSA) is 38.3 Å². The van der Waals surface area contributed by atoms with Crippen LogP contribution in [0.3, 0.4) is 0 Å². The molecule has 0 bridgehead atoms. The molecule has 1 N–H and O–H groups in total. The van der Waals surface area contributed by atoms with Crippen molar-refractivity contribution in [2.45, 2.75) is 25.9 Å². The first-order valence-electron chi connectivity index (χ1n) is 4.15. The van der Waals surface area contributed by atoms with E-state index in [9.17, 15) is 4.79 Å². The van der Waals surface area contributed by atoms with Gasteiger partial charge in [0.2, 0.25) is 0 Å². The van der Waals surface area contributed by atoms with Crippen molar-refractivity contribution >= 4 is 5.91 Å². The molecule has 1 heterocycles. The molecule has 0 aliphatic carbocycles. The number of nitrogens with one attached hydrogen (secondary N) is 1. The lowest BCUT2D eigenvalue weighted by molar-refractivity contribution is -0.116. The Bertz CT molecular complexity index is 208. The standard InChI is InChI=1S/C9H13NO2/c1-2-4-9(11)10-7-8-5-3-6-12-8/h8H,3,5-7H2,1H3,(H,10,11). The summed E-state index contributed by atoms with van der Waals surface area (Å²) in [5.74, 6) is 4.74. The van der Waals surface area contributed by atoms with Gasteiger partial charge in [-0.25, -0.2) is 0 Å². The second kappa shape index (κ2) is 4.78. The highest BCUT2D eigenvalue weighted by Crippen LogP contribution is 2.10. The van der Waals surface area contributed by atoms with Gasteiger partial charge in [0.05, 0.1) is 6.10 Å². The Morgan fingerprint density at radius 3 is 3.17 bits per heavy atom. The van der Waals surface area contributed by atoms with Crippen molar-refractivity contribution in [3.8, 4) is 11.8 Å². The zero-order valence-corrected chi connectivity index (χ0v) is 7.22. The van der Waals surface area contributed by atoms with E-state index < -0.39 is 0 Å². The van der Waals surface area contributed by atoms with E-state index in [2.05, 4.69) is 17.2 Å². The summed E-state index contributed by atoms with van der Waals surface area (Å²) in [6.45, 7) is 3.05. The van der Waals surface area contributed by atoms with Gasteiger partial charge >= 0.3 is 0 Å². The lowest BCUT2D eigenvalue weighted by Crippen LogP contribution is -2.30. The second-order valence-electron chi connectivity index (χ2n) is 2.72. The van der Waals surface area contributed by atoms with Gasteiger partial charge in [0.15, 0.2) is 0 Å². The molecule has 3 nitrogen and oxygen atoms in total. The molecule has 1 saturated heterocycles. The number of amides is 1. The summed E-state index contributed by atoms with van der Waals surface area (Å²) in [4.78, 5) is 10.9. The second-order valence-corrected chi connectivity index (χ2v) is 2.72. The zero-order valence-electron chi connectivity index (χ0n) is 7.22. The van der Waals surface area contributed by atoms with Crippen LogP contribution in [0.1, 0.15) is 19.8 Å². The number of ether oxygens (including phenoxy) is 1. The van der Waals surface area contributed by atoms with Crippen LogP contribution >= 0.6 is 0 Å². The number of hydrogen-bond acceptors (Lipinski definition) is 2. The maximum absolute atomic E-state index is 10.9. The van der Waals surface area contributed by atoms with Crippen molar-refractivity contribution in [3.63, 3.8) is 0 Å². The van der Waals surface area contributed by atoms with Crippen molar-refractivity contribution in [1.82, 2.24) is 5.32 Å². The summed E-state index contributed by atoms with van der Waals surface area (Å²) in [5.41, 5.74) is 0. The molecule has 1 fully saturated rings. The molecule has 1 unspecified atom stereocenters. The molecule has 1 atom stereocenters. The fourth-order valence-corrected chi connectivity index (χ4v) is 1.17. The SMILES string of the molecule is CC#CC(=O)NCC1CCCO1. The molecule has 0 aromatic carbocycles. The lowest BCUT2D eigenvalue weighted by Gasteiger charge is -2.07. The molecule has 3 heteroatoms. The molecule has 1 amide bonds. The first-order valence-corrected chi connectivity index (χ1v) is 4.15. The number of carbonyl (C=O) groups excluding carboxylic acids is 1. The number of hydrogen-bond donors (Lipinski definition) is 1. The minimum Gasteiger partial charge on any atom is -0.376 e. The molecule has 1 aliphatic rings. The number of carbonyl (C=O) groups is 1. The quantitative estimate of drug-likeness (QED) is 0.601.